The predicted molar refractivity (Wildman–Crippen MR) is 92.5 cm³/mol. The lowest BCUT2D eigenvalue weighted by Gasteiger charge is -2.26. The Labute approximate surface area is 150 Å². The SMILES string of the molecule is Fc1ccccc1-c1nnn2c1CO[C@H]1CN(Cc3ccncc3)C[C@H]12. The molecule has 6 nitrogen and oxygen atoms in total. The van der Waals surface area contributed by atoms with E-state index < -0.39 is 0 Å². The van der Waals surface area contributed by atoms with Crippen molar-refractivity contribution in [1.29, 1.82) is 0 Å². The molecule has 0 saturated carbocycles. The number of fused-ring (bicyclic) bond motifs is 3. The standard InChI is InChI=1S/C19H18FN5O/c20-15-4-2-1-3-14(15)19-17-12-26-18-11-24(9-13-5-7-21-8-6-13)10-16(18)25(17)23-22-19/h1-8,16,18H,9-12H2/t16-,18+/m1/s1. The van der Waals surface area contributed by atoms with Gasteiger partial charge in [-0.05, 0) is 29.8 Å². The molecule has 26 heavy (non-hydrogen) atoms. The van der Waals surface area contributed by atoms with E-state index in [-0.39, 0.29) is 18.0 Å². The van der Waals surface area contributed by atoms with Gasteiger partial charge in [-0.2, -0.15) is 0 Å². The number of hydrogen-bond donors (Lipinski definition) is 0. The summed E-state index contributed by atoms with van der Waals surface area (Å²) in [5.74, 6) is -0.288. The zero-order valence-electron chi connectivity index (χ0n) is 14.1. The summed E-state index contributed by atoms with van der Waals surface area (Å²) in [6.07, 6.45) is 3.70. The topological polar surface area (TPSA) is 56.1 Å². The molecule has 2 atom stereocenters. The van der Waals surface area contributed by atoms with Gasteiger partial charge in [-0.3, -0.25) is 9.88 Å². The molecule has 0 amide bonds. The molecule has 0 radical (unpaired) electrons. The van der Waals surface area contributed by atoms with Crippen molar-refractivity contribution in [1.82, 2.24) is 24.9 Å². The molecular formula is C19H18FN5O. The molecule has 0 bridgehead atoms. The van der Waals surface area contributed by atoms with E-state index >= 15 is 0 Å². The van der Waals surface area contributed by atoms with E-state index in [4.69, 9.17) is 4.74 Å². The van der Waals surface area contributed by atoms with Gasteiger partial charge in [0.05, 0.1) is 24.4 Å². The minimum atomic E-state index is -0.288. The number of likely N-dealkylation sites (tertiary alicyclic amines) is 1. The average molecular weight is 351 g/mol. The zero-order chi connectivity index (χ0) is 17.5. The van der Waals surface area contributed by atoms with E-state index in [1.807, 2.05) is 35.3 Å². The first kappa shape index (κ1) is 15.6. The molecule has 7 heteroatoms. The monoisotopic (exact) mass is 351 g/mol. The van der Waals surface area contributed by atoms with Crippen molar-refractivity contribution in [3.63, 3.8) is 0 Å². The summed E-state index contributed by atoms with van der Waals surface area (Å²) in [5, 5.41) is 8.61. The van der Waals surface area contributed by atoms with Crippen molar-refractivity contribution in [2.45, 2.75) is 25.3 Å². The maximum atomic E-state index is 14.2. The van der Waals surface area contributed by atoms with Gasteiger partial charge in [0.25, 0.3) is 0 Å². The number of pyridine rings is 1. The summed E-state index contributed by atoms with van der Waals surface area (Å²) in [5.41, 5.74) is 3.13. The van der Waals surface area contributed by atoms with Crippen molar-refractivity contribution in [2.24, 2.45) is 0 Å². The van der Waals surface area contributed by atoms with Crippen molar-refractivity contribution < 1.29 is 9.13 Å². The first-order valence-electron chi connectivity index (χ1n) is 8.71. The lowest BCUT2D eigenvalue weighted by molar-refractivity contribution is -0.00494. The van der Waals surface area contributed by atoms with Gasteiger partial charge >= 0.3 is 0 Å². The third-order valence-corrected chi connectivity index (χ3v) is 5.14. The van der Waals surface area contributed by atoms with Gasteiger partial charge in [-0.1, -0.05) is 17.3 Å². The van der Waals surface area contributed by atoms with Gasteiger partial charge < -0.3 is 4.74 Å². The molecule has 2 aliphatic rings. The smallest absolute Gasteiger partial charge is 0.132 e. The lowest BCUT2D eigenvalue weighted by atomic mass is 10.1. The fraction of sp³-hybridized carbons (Fsp3) is 0.316. The van der Waals surface area contributed by atoms with Crippen LogP contribution in [0.2, 0.25) is 0 Å². The van der Waals surface area contributed by atoms with E-state index in [2.05, 4.69) is 20.2 Å². The number of hydrogen-bond acceptors (Lipinski definition) is 5. The maximum Gasteiger partial charge on any atom is 0.132 e. The van der Waals surface area contributed by atoms with Gasteiger partial charge in [0, 0.05) is 37.6 Å². The average Bonchev–Trinajstić information content (AvgIpc) is 3.26. The highest BCUT2D eigenvalue weighted by atomic mass is 19.1. The highest BCUT2D eigenvalue weighted by Gasteiger charge is 2.40. The summed E-state index contributed by atoms with van der Waals surface area (Å²) in [6.45, 7) is 2.94. The zero-order valence-corrected chi connectivity index (χ0v) is 14.1. The highest BCUT2D eigenvalue weighted by molar-refractivity contribution is 5.62. The van der Waals surface area contributed by atoms with Crippen LogP contribution in [-0.2, 0) is 17.9 Å². The summed E-state index contributed by atoms with van der Waals surface area (Å²) in [4.78, 5) is 6.42. The molecule has 5 rings (SSSR count). The van der Waals surface area contributed by atoms with Crippen molar-refractivity contribution in [2.75, 3.05) is 13.1 Å². The predicted octanol–water partition coefficient (Wildman–Crippen LogP) is 2.43. The second-order valence-corrected chi connectivity index (χ2v) is 6.78. The van der Waals surface area contributed by atoms with Crippen LogP contribution in [0.3, 0.4) is 0 Å². The van der Waals surface area contributed by atoms with E-state index in [1.54, 1.807) is 12.1 Å². The van der Waals surface area contributed by atoms with E-state index in [9.17, 15) is 4.39 Å². The molecular weight excluding hydrogens is 333 g/mol. The Balaban J connectivity index is 1.41. The molecule has 3 aromatic rings. The summed E-state index contributed by atoms with van der Waals surface area (Å²) in [7, 11) is 0. The van der Waals surface area contributed by atoms with Crippen LogP contribution in [0.5, 0.6) is 0 Å². The number of nitrogens with zero attached hydrogens (tertiary/aromatic N) is 5. The molecule has 4 heterocycles. The molecule has 0 aliphatic carbocycles. The molecule has 0 unspecified atom stereocenters. The van der Waals surface area contributed by atoms with Crippen LogP contribution in [0.1, 0.15) is 17.3 Å². The van der Waals surface area contributed by atoms with Gasteiger partial charge in [0.1, 0.15) is 11.5 Å². The van der Waals surface area contributed by atoms with Gasteiger partial charge in [0.2, 0.25) is 0 Å². The molecule has 132 valence electrons. The summed E-state index contributed by atoms with van der Waals surface area (Å²) < 4.78 is 22.2. The van der Waals surface area contributed by atoms with Crippen LogP contribution < -0.4 is 0 Å². The Morgan fingerprint density at radius 3 is 2.81 bits per heavy atom. The van der Waals surface area contributed by atoms with Gasteiger partial charge in [0.15, 0.2) is 0 Å². The molecule has 0 N–H and O–H groups in total. The van der Waals surface area contributed by atoms with Crippen LogP contribution in [0, 0.1) is 5.82 Å². The van der Waals surface area contributed by atoms with Crippen molar-refractivity contribution >= 4 is 0 Å². The second-order valence-electron chi connectivity index (χ2n) is 6.78. The second kappa shape index (κ2) is 6.26. The summed E-state index contributed by atoms with van der Waals surface area (Å²) >= 11 is 0. The third kappa shape index (κ3) is 2.60. The Morgan fingerprint density at radius 1 is 1.12 bits per heavy atom. The number of rotatable bonds is 3. The fourth-order valence-corrected chi connectivity index (χ4v) is 3.87. The van der Waals surface area contributed by atoms with Gasteiger partial charge in [-0.25, -0.2) is 9.07 Å². The highest BCUT2D eigenvalue weighted by Crippen LogP contribution is 2.35. The lowest BCUT2D eigenvalue weighted by Crippen LogP contribution is -2.32. The number of halogens is 1. The minimum absolute atomic E-state index is 0.0829. The minimum Gasteiger partial charge on any atom is -0.368 e. The normalized spacial score (nSPS) is 22.2. The fourth-order valence-electron chi connectivity index (χ4n) is 3.87. The van der Waals surface area contributed by atoms with E-state index in [0.717, 1.165) is 25.3 Å². The molecule has 1 saturated heterocycles. The van der Waals surface area contributed by atoms with Gasteiger partial charge in [-0.15, -0.1) is 5.10 Å². The Morgan fingerprint density at radius 2 is 1.96 bits per heavy atom. The number of benzene rings is 1. The van der Waals surface area contributed by atoms with Crippen LogP contribution >= 0.6 is 0 Å². The molecule has 1 fully saturated rings. The van der Waals surface area contributed by atoms with E-state index in [0.29, 0.717) is 17.9 Å². The van der Waals surface area contributed by atoms with E-state index in [1.165, 1.54) is 11.6 Å². The molecule has 1 aromatic carbocycles. The quantitative estimate of drug-likeness (QED) is 0.725. The Bertz CT molecular complexity index is 929. The largest absolute Gasteiger partial charge is 0.368 e. The molecule has 0 spiro atoms. The maximum absolute atomic E-state index is 14.2. The van der Waals surface area contributed by atoms with Crippen molar-refractivity contribution in [3.8, 4) is 11.3 Å². The van der Waals surface area contributed by atoms with Crippen LogP contribution in [0.4, 0.5) is 4.39 Å². The Hall–Kier alpha value is -2.64. The van der Waals surface area contributed by atoms with Crippen LogP contribution in [0.15, 0.2) is 48.8 Å². The first-order chi connectivity index (χ1) is 12.8. The number of ether oxygens (including phenoxy) is 1. The number of aromatic nitrogens is 4. The van der Waals surface area contributed by atoms with Crippen LogP contribution in [0.25, 0.3) is 11.3 Å². The van der Waals surface area contributed by atoms with Crippen LogP contribution in [-0.4, -0.2) is 44.1 Å². The summed E-state index contributed by atoms with van der Waals surface area (Å²) in [6, 6.07) is 10.8. The molecule has 2 aromatic heterocycles. The third-order valence-electron chi connectivity index (χ3n) is 5.14. The molecule has 2 aliphatic heterocycles. The Kier molecular flexibility index (Phi) is 3.76. The first-order valence-corrected chi connectivity index (χ1v) is 8.71. The van der Waals surface area contributed by atoms with Crippen molar-refractivity contribution in [3.05, 3.63) is 65.9 Å².